The molecule has 0 aliphatic carbocycles. The predicted molar refractivity (Wildman–Crippen MR) is 101 cm³/mol. The molecule has 0 saturated heterocycles. The third-order valence-electron chi connectivity index (χ3n) is 4.10. The predicted octanol–water partition coefficient (Wildman–Crippen LogP) is 3.05. The van der Waals surface area contributed by atoms with Crippen LogP contribution in [0.25, 0.3) is 0 Å². The molecule has 0 fully saturated rings. The zero-order chi connectivity index (χ0) is 20.0. The van der Waals surface area contributed by atoms with E-state index in [1.165, 1.54) is 32.4 Å². The summed E-state index contributed by atoms with van der Waals surface area (Å²) in [5, 5.41) is 6.89. The molecule has 0 spiro atoms. The van der Waals surface area contributed by atoms with E-state index in [-0.39, 0.29) is 28.8 Å². The molecule has 1 aromatic carbocycles. The van der Waals surface area contributed by atoms with Gasteiger partial charge in [0.15, 0.2) is 5.82 Å². The van der Waals surface area contributed by atoms with Gasteiger partial charge < -0.3 is 9.47 Å². The maximum absolute atomic E-state index is 12.8. The summed E-state index contributed by atoms with van der Waals surface area (Å²) in [6, 6.07) is 5.93. The van der Waals surface area contributed by atoms with Crippen LogP contribution in [0.2, 0.25) is 0 Å². The fraction of sp³-hybridized carbons (Fsp3) is 0.444. The number of nitrogens with one attached hydrogen (secondary N) is 2. The van der Waals surface area contributed by atoms with Crippen LogP contribution in [0.1, 0.15) is 54.2 Å². The molecule has 0 aliphatic rings. The molecule has 8 nitrogen and oxygen atoms in total. The number of nitrogens with zero attached hydrogens (tertiary/aromatic N) is 1. The second kappa shape index (κ2) is 9.01. The van der Waals surface area contributed by atoms with Crippen LogP contribution < -0.4 is 4.72 Å². The molecule has 0 radical (unpaired) electrons. The van der Waals surface area contributed by atoms with Gasteiger partial charge in [0.05, 0.1) is 24.2 Å². The van der Waals surface area contributed by atoms with Gasteiger partial charge in [-0.05, 0) is 36.1 Å². The molecule has 2 aromatic rings. The van der Waals surface area contributed by atoms with Gasteiger partial charge in [-0.3, -0.25) is 9.82 Å². The number of ether oxygens (including phenoxy) is 2. The van der Waals surface area contributed by atoms with Crippen LogP contribution in [-0.4, -0.2) is 38.8 Å². The van der Waals surface area contributed by atoms with E-state index in [4.69, 9.17) is 9.47 Å². The SMILES string of the molecule is CCCC(C)c1cc(NS(=O)(=O)c2cc(COC)cc(C(=O)OC)c2)n[nH]1. The number of benzene rings is 1. The molecule has 2 N–H and O–H groups in total. The van der Waals surface area contributed by atoms with E-state index in [0.29, 0.717) is 5.56 Å². The molecular weight excluding hydrogens is 370 g/mol. The topological polar surface area (TPSA) is 110 Å². The Morgan fingerprint density at radius 3 is 2.63 bits per heavy atom. The van der Waals surface area contributed by atoms with E-state index in [9.17, 15) is 13.2 Å². The molecule has 1 atom stereocenters. The van der Waals surface area contributed by atoms with Crippen molar-refractivity contribution in [3.05, 3.63) is 41.1 Å². The third kappa shape index (κ3) is 5.30. The highest BCUT2D eigenvalue weighted by Crippen LogP contribution is 2.23. The number of hydrogen-bond acceptors (Lipinski definition) is 6. The molecule has 0 bridgehead atoms. The van der Waals surface area contributed by atoms with Crippen LogP contribution in [-0.2, 0) is 26.1 Å². The molecule has 27 heavy (non-hydrogen) atoms. The van der Waals surface area contributed by atoms with Crippen molar-refractivity contribution < 1.29 is 22.7 Å². The third-order valence-corrected chi connectivity index (χ3v) is 5.43. The lowest BCUT2D eigenvalue weighted by Gasteiger charge is -2.10. The summed E-state index contributed by atoms with van der Waals surface area (Å²) in [6.45, 7) is 4.29. The van der Waals surface area contributed by atoms with Crippen molar-refractivity contribution in [3.8, 4) is 0 Å². The molecule has 148 valence electrons. The highest BCUT2D eigenvalue weighted by molar-refractivity contribution is 7.92. The molecule has 2 rings (SSSR count). The molecule has 0 saturated carbocycles. The van der Waals surface area contributed by atoms with Gasteiger partial charge in [0.25, 0.3) is 10.0 Å². The Balaban J connectivity index is 2.32. The number of aromatic nitrogens is 2. The number of esters is 1. The number of methoxy groups -OCH3 is 2. The number of aromatic amines is 1. The number of carbonyl (C=O) groups is 1. The van der Waals surface area contributed by atoms with Crippen molar-refractivity contribution in [2.24, 2.45) is 0 Å². The Morgan fingerprint density at radius 2 is 2.00 bits per heavy atom. The Kier molecular flexibility index (Phi) is 6.98. The van der Waals surface area contributed by atoms with Crippen molar-refractivity contribution >= 4 is 21.8 Å². The summed E-state index contributed by atoms with van der Waals surface area (Å²) >= 11 is 0. The van der Waals surface area contributed by atoms with Crippen LogP contribution in [0.5, 0.6) is 0 Å². The van der Waals surface area contributed by atoms with Crippen LogP contribution in [0.15, 0.2) is 29.2 Å². The quantitative estimate of drug-likeness (QED) is 0.632. The first-order valence-corrected chi connectivity index (χ1v) is 10.1. The monoisotopic (exact) mass is 395 g/mol. The van der Waals surface area contributed by atoms with Crippen LogP contribution in [0.3, 0.4) is 0 Å². The lowest BCUT2D eigenvalue weighted by atomic mass is 10.0. The van der Waals surface area contributed by atoms with Crippen molar-refractivity contribution in [2.45, 2.75) is 44.1 Å². The van der Waals surface area contributed by atoms with Crippen molar-refractivity contribution in [1.29, 1.82) is 0 Å². The van der Waals surface area contributed by atoms with Gasteiger partial charge in [0.1, 0.15) is 0 Å². The Hall–Kier alpha value is -2.39. The van der Waals surface area contributed by atoms with E-state index in [1.807, 2.05) is 6.92 Å². The summed E-state index contributed by atoms with van der Waals surface area (Å²) in [5.41, 5.74) is 1.53. The first-order valence-electron chi connectivity index (χ1n) is 8.60. The number of H-pyrrole nitrogens is 1. The van der Waals surface area contributed by atoms with E-state index in [2.05, 4.69) is 21.8 Å². The smallest absolute Gasteiger partial charge is 0.337 e. The van der Waals surface area contributed by atoms with E-state index < -0.39 is 16.0 Å². The van der Waals surface area contributed by atoms with Gasteiger partial charge in [-0.2, -0.15) is 5.10 Å². The average Bonchev–Trinajstić information content (AvgIpc) is 3.09. The van der Waals surface area contributed by atoms with Crippen molar-refractivity contribution in [2.75, 3.05) is 18.9 Å². The molecule has 9 heteroatoms. The maximum atomic E-state index is 12.8. The van der Waals surface area contributed by atoms with Gasteiger partial charge in [-0.15, -0.1) is 0 Å². The van der Waals surface area contributed by atoms with Crippen molar-refractivity contribution in [1.82, 2.24) is 10.2 Å². The highest BCUT2D eigenvalue weighted by atomic mass is 32.2. The van der Waals surface area contributed by atoms with Gasteiger partial charge in [-0.1, -0.05) is 20.3 Å². The summed E-state index contributed by atoms with van der Waals surface area (Å²) in [7, 11) is -1.22. The minimum atomic E-state index is -3.94. The molecule has 1 heterocycles. The van der Waals surface area contributed by atoms with Gasteiger partial charge in [-0.25, -0.2) is 13.2 Å². The van der Waals surface area contributed by atoms with Crippen LogP contribution in [0.4, 0.5) is 5.82 Å². The summed E-state index contributed by atoms with van der Waals surface area (Å²) in [6.07, 6.45) is 1.99. The fourth-order valence-corrected chi connectivity index (χ4v) is 3.81. The van der Waals surface area contributed by atoms with Gasteiger partial charge in [0, 0.05) is 18.9 Å². The Bertz CT molecular complexity index is 892. The number of carbonyl (C=O) groups excluding carboxylic acids is 1. The normalized spacial score (nSPS) is 12.6. The highest BCUT2D eigenvalue weighted by Gasteiger charge is 2.20. The summed E-state index contributed by atoms with van der Waals surface area (Å²) < 4.78 is 37.7. The van der Waals surface area contributed by atoms with Crippen LogP contribution >= 0.6 is 0 Å². The average molecular weight is 395 g/mol. The minimum Gasteiger partial charge on any atom is -0.465 e. The van der Waals surface area contributed by atoms with E-state index in [1.54, 1.807) is 6.07 Å². The first kappa shape index (κ1) is 20.9. The molecule has 0 amide bonds. The second-order valence-electron chi connectivity index (χ2n) is 6.29. The fourth-order valence-electron chi connectivity index (χ4n) is 2.73. The van der Waals surface area contributed by atoms with Crippen LogP contribution in [0, 0.1) is 0 Å². The Morgan fingerprint density at radius 1 is 1.26 bits per heavy atom. The van der Waals surface area contributed by atoms with E-state index >= 15 is 0 Å². The standard InChI is InChI=1S/C18H25N3O5S/c1-5-6-12(2)16-10-17(20-19-16)21-27(23,24)15-8-13(11-25-3)7-14(9-15)18(22)26-4/h7-10,12H,5-6,11H2,1-4H3,(H2,19,20,21). The zero-order valence-corrected chi connectivity index (χ0v) is 16.7. The molecule has 1 unspecified atom stereocenters. The number of anilines is 1. The number of rotatable bonds is 9. The van der Waals surface area contributed by atoms with Gasteiger partial charge in [0.2, 0.25) is 0 Å². The maximum Gasteiger partial charge on any atom is 0.337 e. The lowest BCUT2D eigenvalue weighted by Crippen LogP contribution is -2.15. The molecular formula is C18H25N3O5S. The lowest BCUT2D eigenvalue weighted by molar-refractivity contribution is 0.0600. The van der Waals surface area contributed by atoms with Crippen molar-refractivity contribution in [3.63, 3.8) is 0 Å². The minimum absolute atomic E-state index is 0.0661. The number of sulfonamides is 1. The second-order valence-corrected chi connectivity index (χ2v) is 7.98. The molecule has 0 aliphatic heterocycles. The van der Waals surface area contributed by atoms with Gasteiger partial charge >= 0.3 is 5.97 Å². The zero-order valence-electron chi connectivity index (χ0n) is 15.9. The van der Waals surface area contributed by atoms with E-state index in [0.717, 1.165) is 18.5 Å². The first-order chi connectivity index (χ1) is 12.8. The summed E-state index contributed by atoms with van der Waals surface area (Å²) in [5.74, 6) is -0.179. The largest absolute Gasteiger partial charge is 0.465 e. The number of hydrogen-bond donors (Lipinski definition) is 2. The summed E-state index contributed by atoms with van der Waals surface area (Å²) in [4.78, 5) is 11.8. The molecule has 1 aromatic heterocycles. The Labute approximate surface area is 159 Å².